The second-order valence-electron chi connectivity index (χ2n) is 5.75. The van der Waals surface area contributed by atoms with Crippen molar-refractivity contribution in [1.29, 1.82) is 0 Å². The van der Waals surface area contributed by atoms with Crippen molar-refractivity contribution >= 4 is 23.0 Å². The van der Waals surface area contributed by atoms with Crippen molar-refractivity contribution in [2.24, 2.45) is 0 Å². The summed E-state index contributed by atoms with van der Waals surface area (Å²) in [7, 11) is 0. The summed E-state index contributed by atoms with van der Waals surface area (Å²) < 4.78 is 18.8. The van der Waals surface area contributed by atoms with Crippen LogP contribution in [-0.2, 0) is 0 Å². The fourth-order valence-corrected chi connectivity index (χ4v) is 2.88. The number of halogens is 1. The number of hydrogen-bond acceptors (Lipinski definition) is 5. The van der Waals surface area contributed by atoms with Crippen LogP contribution in [0, 0.1) is 5.82 Å². The van der Waals surface area contributed by atoms with E-state index in [2.05, 4.69) is 15.3 Å². The smallest absolute Gasteiger partial charge is 0.295 e. The third-order valence-corrected chi connectivity index (χ3v) is 4.08. The van der Waals surface area contributed by atoms with Crippen LogP contribution in [0.5, 0.6) is 0 Å². The Morgan fingerprint density at radius 2 is 2.12 bits per heavy atom. The Morgan fingerprint density at radius 3 is 2.96 bits per heavy atom. The third-order valence-electron chi connectivity index (χ3n) is 4.08. The Kier molecular flexibility index (Phi) is 3.60. The Labute approximate surface area is 137 Å². The average Bonchev–Trinajstić information content (AvgIpc) is 3.21. The zero-order valence-corrected chi connectivity index (χ0v) is 12.8. The maximum atomic E-state index is 13.2. The number of nitrogens with one attached hydrogen (secondary N) is 1. The maximum absolute atomic E-state index is 13.2. The lowest BCUT2D eigenvalue weighted by atomic mass is 10.2. The zero-order chi connectivity index (χ0) is 16.5. The number of aromatic nitrogens is 2. The number of fused-ring (bicyclic) bond motifs is 1. The van der Waals surface area contributed by atoms with E-state index in [1.807, 2.05) is 0 Å². The molecule has 3 aromatic rings. The summed E-state index contributed by atoms with van der Waals surface area (Å²) in [5, 5.41) is 3.18. The van der Waals surface area contributed by atoms with Crippen LogP contribution < -0.4 is 5.32 Å². The van der Waals surface area contributed by atoms with E-state index in [4.69, 9.17) is 4.42 Å². The predicted molar refractivity (Wildman–Crippen MR) is 86.1 cm³/mol. The van der Waals surface area contributed by atoms with E-state index in [1.54, 1.807) is 35.5 Å². The molecule has 1 fully saturated rings. The summed E-state index contributed by atoms with van der Waals surface area (Å²) in [6.07, 6.45) is 4.01. The normalized spacial score (nSPS) is 17.4. The van der Waals surface area contributed by atoms with E-state index in [0.29, 0.717) is 35.8 Å². The molecule has 1 aromatic carbocycles. The summed E-state index contributed by atoms with van der Waals surface area (Å²) in [4.78, 5) is 22.4. The standard InChI is InChI=1S/C17H15FN4O2/c18-12-1-2-15-14(9-12)21-17(24-15)20-13-5-8-22(10-13)16(23)11-3-6-19-7-4-11/h1-4,6-7,9,13H,5,8,10H2,(H,20,21). The Bertz CT molecular complexity index is 881. The molecule has 1 saturated heterocycles. The minimum atomic E-state index is -0.350. The van der Waals surface area contributed by atoms with Crippen LogP contribution in [0.25, 0.3) is 11.1 Å². The highest BCUT2D eigenvalue weighted by molar-refractivity contribution is 5.94. The molecule has 0 aliphatic carbocycles. The zero-order valence-electron chi connectivity index (χ0n) is 12.8. The number of rotatable bonds is 3. The van der Waals surface area contributed by atoms with Crippen molar-refractivity contribution in [2.45, 2.75) is 12.5 Å². The number of hydrogen-bond donors (Lipinski definition) is 1. The van der Waals surface area contributed by atoms with Crippen LogP contribution in [-0.4, -0.2) is 39.9 Å². The molecule has 3 heterocycles. The molecule has 0 saturated carbocycles. The molecule has 1 aliphatic rings. The van der Waals surface area contributed by atoms with Crippen molar-refractivity contribution in [3.8, 4) is 0 Å². The number of amides is 1. The van der Waals surface area contributed by atoms with E-state index >= 15 is 0 Å². The highest BCUT2D eigenvalue weighted by Crippen LogP contribution is 2.22. The number of carbonyl (C=O) groups excluding carboxylic acids is 1. The lowest BCUT2D eigenvalue weighted by Crippen LogP contribution is -2.31. The van der Waals surface area contributed by atoms with Gasteiger partial charge in [0.15, 0.2) is 5.58 Å². The number of carbonyl (C=O) groups is 1. The highest BCUT2D eigenvalue weighted by atomic mass is 19.1. The molecule has 0 radical (unpaired) electrons. The SMILES string of the molecule is O=C(c1ccncc1)N1CCC(Nc2nc3cc(F)ccc3o2)C1. The van der Waals surface area contributed by atoms with Crippen molar-refractivity contribution in [2.75, 3.05) is 18.4 Å². The van der Waals surface area contributed by atoms with E-state index in [9.17, 15) is 9.18 Å². The number of benzene rings is 1. The van der Waals surface area contributed by atoms with Crippen LogP contribution in [0.3, 0.4) is 0 Å². The average molecular weight is 326 g/mol. The van der Waals surface area contributed by atoms with Gasteiger partial charge >= 0.3 is 0 Å². The van der Waals surface area contributed by atoms with Crippen LogP contribution in [0.15, 0.2) is 47.1 Å². The molecule has 122 valence electrons. The van der Waals surface area contributed by atoms with Gasteiger partial charge in [-0.3, -0.25) is 9.78 Å². The molecular weight excluding hydrogens is 311 g/mol. The molecule has 4 rings (SSSR count). The van der Waals surface area contributed by atoms with Crippen molar-refractivity contribution in [3.63, 3.8) is 0 Å². The number of likely N-dealkylation sites (tertiary alicyclic amines) is 1. The summed E-state index contributed by atoms with van der Waals surface area (Å²) >= 11 is 0. The summed E-state index contributed by atoms with van der Waals surface area (Å²) in [5.41, 5.74) is 1.63. The van der Waals surface area contributed by atoms with Gasteiger partial charge in [0.1, 0.15) is 11.3 Å². The van der Waals surface area contributed by atoms with Crippen LogP contribution in [0.1, 0.15) is 16.8 Å². The van der Waals surface area contributed by atoms with Gasteiger partial charge in [-0.2, -0.15) is 4.98 Å². The van der Waals surface area contributed by atoms with Gasteiger partial charge < -0.3 is 14.6 Å². The van der Waals surface area contributed by atoms with Gasteiger partial charge in [-0.05, 0) is 30.7 Å². The molecule has 1 N–H and O–H groups in total. The number of anilines is 1. The second kappa shape index (κ2) is 5.92. The first kappa shape index (κ1) is 14.6. The Hall–Kier alpha value is -2.96. The number of pyridine rings is 1. The van der Waals surface area contributed by atoms with Gasteiger partial charge in [0.2, 0.25) is 0 Å². The monoisotopic (exact) mass is 326 g/mol. The fraction of sp³-hybridized carbons (Fsp3) is 0.235. The van der Waals surface area contributed by atoms with Gasteiger partial charge in [0.05, 0.1) is 0 Å². The summed E-state index contributed by atoms with van der Waals surface area (Å²) in [5.74, 6) is -0.362. The van der Waals surface area contributed by atoms with E-state index in [0.717, 1.165) is 6.42 Å². The van der Waals surface area contributed by atoms with Gasteiger partial charge in [-0.1, -0.05) is 0 Å². The van der Waals surface area contributed by atoms with E-state index in [-0.39, 0.29) is 17.8 Å². The van der Waals surface area contributed by atoms with E-state index in [1.165, 1.54) is 12.1 Å². The van der Waals surface area contributed by atoms with Gasteiger partial charge in [-0.25, -0.2) is 4.39 Å². The molecule has 2 aromatic heterocycles. The predicted octanol–water partition coefficient (Wildman–Crippen LogP) is 2.69. The lowest BCUT2D eigenvalue weighted by molar-refractivity contribution is 0.0791. The van der Waals surface area contributed by atoms with E-state index < -0.39 is 0 Å². The third kappa shape index (κ3) is 2.80. The topological polar surface area (TPSA) is 71.3 Å². The molecule has 7 heteroatoms. The molecule has 1 unspecified atom stereocenters. The largest absolute Gasteiger partial charge is 0.424 e. The number of oxazole rings is 1. The maximum Gasteiger partial charge on any atom is 0.295 e. The van der Waals surface area contributed by atoms with Crippen LogP contribution >= 0.6 is 0 Å². The highest BCUT2D eigenvalue weighted by Gasteiger charge is 2.27. The summed E-state index contributed by atoms with van der Waals surface area (Å²) in [6, 6.07) is 8.03. The van der Waals surface area contributed by atoms with Gasteiger partial charge in [0.25, 0.3) is 11.9 Å². The quantitative estimate of drug-likeness (QED) is 0.801. The first-order valence-electron chi connectivity index (χ1n) is 7.71. The minimum absolute atomic E-state index is 0.0127. The first-order valence-corrected chi connectivity index (χ1v) is 7.71. The van der Waals surface area contributed by atoms with Crippen molar-refractivity contribution in [1.82, 2.24) is 14.9 Å². The Morgan fingerprint density at radius 1 is 1.29 bits per heavy atom. The van der Waals surface area contributed by atoms with Crippen LogP contribution in [0.4, 0.5) is 10.4 Å². The van der Waals surface area contributed by atoms with Crippen molar-refractivity contribution < 1.29 is 13.6 Å². The molecule has 1 amide bonds. The van der Waals surface area contributed by atoms with Gasteiger partial charge in [-0.15, -0.1) is 0 Å². The molecular formula is C17H15FN4O2. The molecule has 0 bridgehead atoms. The minimum Gasteiger partial charge on any atom is -0.424 e. The molecule has 0 spiro atoms. The fourth-order valence-electron chi connectivity index (χ4n) is 2.88. The lowest BCUT2D eigenvalue weighted by Gasteiger charge is -2.16. The number of nitrogens with zero attached hydrogens (tertiary/aromatic N) is 3. The second-order valence-corrected chi connectivity index (χ2v) is 5.75. The Balaban J connectivity index is 1.44. The van der Waals surface area contributed by atoms with Crippen LogP contribution in [0.2, 0.25) is 0 Å². The summed E-state index contributed by atoms with van der Waals surface area (Å²) in [6.45, 7) is 1.22. The molecule has 6 nitrogen and oxygen atoms in total. The molecule has 1 aliphatic heterocycles. The molecule has 1 atom stereocenters. The molecule has 24 heavy (non-hydrogen) atoms. The first-order chi connectivity index (χ1) is 11.7. The van der Waals surface area contributed by atoms with Crippen molar-refractivity contribution in [3.05, 3.63) is 54.1 Å². The van der Waals surface area contributed by atoms with Gasteiger partial charge in [0, 0.05) is 43.2 Å².